The standard InChI is InChI=1S/C11H18N4OS.ClH/c1-16-10-8-9(13-11(14-10)17-2)15-6-3-4-12-5-7-15;/h8,12H,3-7H2,1-2H3;1H. The zero-order valence-electron chi connectivity index (χ0n) is 10.7. The minimum atomic E-state index is 0. The van der Waals surface area contributed by atoms with E-state index < -0.39 is 0 Å². The Hall–Kier alpha value is -0.720. The molecule has 0 aliphatic carbocycles. The Bertz CT molecular complexity index is 350. The minimum Gasteiger partial charge on any atom is -0.481 e. The summed E-state index contributed by atoms with van der Waals surface area (Å²) in [6, 6.07) is 1.91. The van der Waals surface area contributed by atoms with Gasteiger partial charge in [0.2, 0.25) is 5.88 Å². The molecule has 18 heavy (non-hydrogen) atoms. The number of hydrogen-bond donors (Lipinski definition) is 1. The highest BCUT2D eigenvalue weighted by atomic mass is 35.5. The molecule has 1 aliphatic heterocycles. The average Bonchev–Trinajstić information content (AvgIpc) is 2.67. The molecule has 0 aromatic carbocycles. The Labute approximate surface area is 118 Å². The van der Waals surface area contributed by atoms with Gasteiger partial charge in [-0.25, -0.2) is 4.98 Å². The molecule has 0 bridgehead atoms. The van der Waals surface area contributed by atoms with Crippen LogP contribution in [0.3, 0.4) is 0 Å². The van der Waals surface area contributed by atoms with Crippen LogP contribution in [0.1, 0.15) is 6.42 Å². The van der Waals surface area contributed by atoms with Gasteiger partial charge in [-0.2, -0.15) is 4.98 Å². The highest BCUT2D eigenvalue weighted by Crippen LogP contribution is 2.21. The van der Waals surface area contributed by atoms with Gasteiger partial charge in [0.15, 0.2) is 5.16 Å². The third kappa shape index (κ3) is 3.90. The first-order valence-corrected chi connectivity index (χ1v) is 6.98. The summed E-state index contributed by atoms with van der Waals surface area (Å²) in [5, 5.41) is 4.14. The van der Waals surface area contributed by atoms with Crippen molar-refractivity contribution in [2.45, 2.75) is 11.6 Å². The molecule has 1 aliphatic rings. The molecule has 0 amide bonds. The van der Waals surface area contributed by atoms with E-state index in [2.05, 4.69) is 20.2 Å². The van der Waals surface area contributed by atoms with Crippen LogP contribution in [0.15, 0.2) is 11.2 Å². The maximum Gasteiger partial charge on any atom is 0.219 e. The molecule has 1 fully saturated rings. The summed E-state index contributed by atoms with van der Waals surface area (Å²) in [5.74, 6) is 1.60. The van der Waals surface area contributed by atoms with E-state index in [1.807, 2.05) is 12.3 Å². The van der Waals surface area contributed by atoms with E-state index in [1.54, 1.807) is 7.11 Å². The van der Waals surface area contributed by atoms with Crippen molar-refractivity contribution in [1.29, 1.82) is 0 Å². The molecule has 102 valence electrons. The molecule has 1 aromatic rings. The molecule has 2 heterocycles. The van der Waals surface area contributed by atoms with Crippen LogP contribution < -0.4 is 15.0 Å². The average molecular weight is 291 g/mol. The van der Waals surface area contributed by atoms with Gasteiger partial charge in [-0.05, 0) is 19.2 Å². The zero-order chi connectivity index (χ0) is 12.1. The van der Waals surface area contributed by atoms with Crippen molar-refractivity contribution in [3.05, 3.63) is 6.07 Å². The predicted molar refractivity (Wildman–Crippen MR) is 77.3 cm³/mol. The number of nitrogens with one attached hydrogen (secondary N) is 1. The van der Waals surface area contributed by atoms with Crippen LogP contribution in [0, 0.1) is 0 Å². The fraction of sp³-hybridized carbons (Fsp3) is 0.636. The lowest BCUT2D eigenvalue weighted by Crippen LogP contribution is -2.28. The van der Waals surface area contributed by atoms with E-state index in [0.29, 0.717) is 5.88 Å². The van der Waals surface area contributed by atoms with Crippen LogP contribution in [-0.2, 0) is 0 Å². The van der Waals surface area contributed by atoms with Crippen molar-refractivity contribution in [3.63, 3.8) is 0 Å². The largest absolute Gasteiger partial charge is 0.481 e. The summed E-state index contributed by atoms with van der Waals surface area (Å²) < 4.78 is 5.21. The summed E-state index contributed by atoms with van der Waals surface area (Å²) >= 11 is 1.54. The van der Waals surface area contributed by atoms with Gasteiger partial charge in [-0.1, -0.05) is 11.8 Å². The van der Waals surface area contributed by atoms with Gasteiger partial charge in [0.05, 0.1) is 7.11 Å². The molecule has 2 rings (SSSR count). The van der Waals surface area contributed by atoms with Gasteiger partial charge in [0.25, 0.3) is 0 Å². The van der Waals surface area contributed by atoms with E-state index in [-0.39, 0.29) is 12.4 Å². The van der Waals surface area contributed by atoms with Crippen molar-refractivity contribution < 1.29 is 4.74 Å². The molecule has 5 nitrogen and oxygen atoms in total. The smallest absolute Gasteiger partial charge is 0.219 e. The van der Waals surface area contributed by atoms with Crippen molar-refractivity contribution in [1.82, 2.24) is 15.3 Å². The van der Waals surface area contributed by atoms with Crippen molar-refractivity contribution in [2.24, 2.45) is 0 Å². The topological polar surface area (TPSA) is 50.3 Å². The van der Waals surface area contributed by atoms with Crippen LogP contribution in [-0.4, -0.2) is 49.5 Å². The summed E-state index contributed by atoms with van der Waals surface area (Å²) in [6.45, 7) is 4.09. The molecule has 0 radical (unpaired) electrons. The monoisotopic (exact) mass is 290 g/mol. The first kappa shape index (κ1) is 15.3. The van der Waals surface area contributed by atoms with Gasteiger partial charge in [0.1, 0.15) is 5.82 Å². The van der Waals surface area contributed by atoms with Gasteiger partial charge in [0, 0.05) is 25.7 Å². The summed E-state index contributed by atoms with van der Waals surface area (Å²) in [7, 11) is 1.64. The molecular weight excluding hydrogens is 272 g/mol. The van der Waals surface area contributed by atoms with Crippen LogP contribution in [0.2, 0.25) is 0 Å². The lowest BCUT2D eigenvalue weighted by Gasteiger charge is -2.21. The zero-order valence-corrected chi connectivity index (χ0v) is 12.3. The number of thioether (sulfide) groups is 1. The molecule has 7 heteroatoms. The summed E-state index contributed by atoms with van der Waals surface area (Å²) in [5.41, 5.74) is 0. The Morgan fingerprint density at radius 1 is 1.33 bits per heavy atom. The van der Waals surface area contributed by atoms with E-state index in [1.165, 1.54) is 11.8 Å². The van der Waals surface area contributed by atoms with Crippen molar-refractivity contribution in [3.8, 4) is 5.88 Å². The van der Waals surface area contributed by atoms with Crippen LogP contribution in [0.5, 0.6) is 5.88 Å². The molecule has 0 saturated carbocycles. The fourth-order valence-corrected chi connectivity index (χ4v) is 2.19. The first-order chi connectivity index (χ1) is 8.33. The molecule has 0 spiro atoms. The quantitative estimate of drug-likeness (QED) is 0.671. The lowest BCUT2D eigenvalue weighted by molar-refractivity contribution is 0.392. The third-order valence-corrected chi connectivity index (χ3v) is 3.27. The SMILES string of the molecule is COc1cc(N2CCCNCC2)nc(SC)n1.Cl. The number of hydrogen-bond acceptors (Lipinski definition) is 6. The maximum atomic E-state index is 5.21. The second kappa shape index (κ2) is 7.66. The van der Waals surface area contributed by atoms with E-state index in [9.17, 15) is 0 Å². The maximum absolute atomic E-state index is 5.21. The van der Waals surface area contributed by atoms with Gasteiger partial charge in [-0.15, -0.1) is 12.4 Å². The van der Waals surface area contributed by atoms with Crippen LogP contribution in [0.4, 0.5) is 5.82 Å². The Kier molecular flexibility index (Phi) is 6.52. The molecule has 1 N–H and O–H groups in total. The van der Waals surface area contributed by atoms with Crippen molar-refractivity contribution in [2.75, 3.05) is 44.4 Å². The minimum absolute atomic E-state index is 0. The van der Waals surface area contributed by atoms with E-state index in [4.69, 9.17) is 4.74 Å². The van der Waals surface area contributed by atoms with Gasteiger partial charge < -0.3 is 15.0 Å². The van der Waals surface area contributed by atoms with Gasteiger partial charge >= 0.3 is 0 Å². The number of halogens is 1. The fourth-order valence-electron chi connectivity index (χ4n) is 1.82. The van der Waals surface area contributed by atoms with Crippen LogP contribution >= 0.6 is 24.2 Å². The number of nitrogens with zero attached hydrogens (tertiary/aromatic N) is 3. The first-order valence-electron chi connectivity index (χ1n) is 5.76. The van der Waals surface area contributed by atoms with Gasteiger partial charge in [-0.3, -0.25) is 0 Å². The lowest BCUT2D eigenvalue weighted by atomic mass is 10.4. The number of rotatable bonds is 3. The number of methoxy groups -OCH3 is 1. The number of ether oxygens (including phenoxy) is 1. The highest BCUT2D eigenvalue weighted by molar-refractivity contribution is 7.98. The Balaban J connectivity index is 0.00000162. The number of anilines is 1. The van der Waals surface area contributed by atoms with Crippen LogP contribution in [0.25, 0.3) is 0 Å². The Morgan fingerprint density at radius 2 is 2.17 bits per heavy atom. The summed E-state index contributed by atoms with van der Waals surface area (Å²) in [4.78, 5) is 11.1. The van der Waals surface area contributed by atoms with E-state index in [0.717, 1.165) is 43.6 Å². The normalized spacial score (nSPS) is 15.8. The predicted octanol–water partition coefficient (Wildman–Crippen LogP) is 1.43. The molecular formula is C11H19ClN4OS. The Morgan fingerprint density at radius 3 is 2.89 bits per heavy atom. The molecule has 0 atom stereocenters. The van der Waals surface area contributed by atoms with E-state index >= 15 is 0 Å². The molecule has 0 unspecified atom stereocenters. The highest BCUT2D eigenvalue weighted by Gasteiger charge is 2.13. The number of aromatic nitrogens is 2. The molecule has 1 saturated heterocycles. The third-order valence-electron chi connectivity index (χ3n) is 2.72. The second-order valence-corrected chi connectivity index (χ2v) is 4.62. The second-order valence-electron chi connectivity index (χ2n) is 3.85. The van der Waals surface area contributed by atoms with Crippen molar-refractivity contribution >= 4 is 30.0 Å². The summed E-state index contributed by atoms with van der Waals surface area (Å²) in [6.07, 6.45) is 3.11. The molecule has 1 aromatic heterocycles.